The Balaban J connectivity index is 3.99. The highest BCUT2D eigenvalue weighted by molar-refractivity contribution is 7.47. The highest BCUT2D eigenvalue weighted by Gasteiger charge is 2.25. The second-order valence-corrected chi connectivity index (χ2v) is 17.2. The van der Waals surface area contributed by atoms with Gasteiger partial charge >= 0.3 is 13.8 Å². The van der Waals surface area contributed by atoms with Crippen LogP contribution in [0.3, 0.4) is 0 Å². The Morgan fingerprint density at radius 2 is 0.926 bits per heavy atom. The minimum Gasteiger partial charge on any atom is -0.498 e. The summed E-state index contributed by atoms with van der Waals surface area (Å²) in [4.78, 5) is 22.5. The molecule has 8 nitrogen and oxygen atoms in total. The van der Waals surface area contributed by atoms with Gasteiger partial charge in [-0.2, -0.15) is 0 Å². The fourth-order valence-corrected chi connectivity index (χ4v) is 7.61. The number of hydrogen-bond donors (Lipinski definition) is 2. The Morgan fingerprint density at radius 3 is 1.31 bits per heavy atom. The molecule has 0 saturated heterocycles. The first-order valence-electron chi connectivity index (χ1n) is 23.2. The summed E-state index contributed by atoms with van der Waals surface area (Å²) in [6, 6.07) is 0. The van der Waals surface area contributed by atoms with Crippen molar-refractivity contribution in [2.75, 3.05) is 26.4 Å². The van der Waals surface area contributed by atoms with Crippen LogP contribution < -0.4 is 5.73 Å². The van der Waals surface area contributed by atoms with E-state index in [1.54, 1.807) is 6.26 Å². The van der Waals surface area contributed by atoms with Gasteiger partial charge in [-0.15, -0.1) is 0 Å². The highest BCUT2D eigenvalue weighted by Crippen LogP contribution is 2.43. The van der Waals surface area contributed by atoms with Gasteiger partial charge in [0.1, 0.15) is 6.61 Å². The molecule has 0 spiro atoms. The van der Waals surface area contributed by atoms with E-state index in [4.69, 9.17) is 24.3 Å². The Hall–Kier alpha value is -0.920. The molecular weight excluding hydrogens is 697 g/mol. The summed E-state index contributed by atoms with van der Waals surface area (Å²) in [5.74, 6) is -0.346. The molecule has 0 heterocycles. The highest BCUT2D eigenvalue weighted by atomic mass is 31.2. The van der Waals surface area contributed by atoms with Crippen molar-refractivity contribution in [1.29, 1.82) is 0 Å². The zero-order chi connectivity index (χ0) is 39.5. The Morgan fingerprint density at radius 1 is 0.556 bits per heavy atom. The van der Waals surface area contributed by atoms with Gasteiger partial charge in [-0.25, -0.2) is 4.57 Å². The van der Waals surface area contributed by atoms with Crippen molar-refractivity contribution < 1.29 is 32.8 Å². The van der Waals surface area contributed by atoms with E-state index in [1.807, 2.05) is 6.08 Å². The smallest absolute Gasteiger partial charge is 0.472 e. The van der Waals surface area contributed by atoms with Crippen LogP contribution in [0.1, 0.15) is 239 Å². The Kier molecular flexibility index (Phi) is 42.5. The fourth-order valence-electron chi connectivity index (χ4n) is 6.85. The summed E-state index contributed by atoms with van der Waals surface area (Å²) in [7, 11) is -4.29. The first kappa shape index (κ1) is 53.1. The maximum absolute atomic E-state index is 12.6. The van der Waals surface area contributed by atoms with Gasteiger partial charge in [0.25, 0.3) is 0 Å². The standard InChI is InChI=1S/C45H90NO7P/c1-3-5-7-9-11-13-15-17-19-21-22-23-24-26-28-30-32-34-36-38-45(47)53-44(43-52-54(48,49)51-41-39-46)42-50-40-37-35-33-31-29-27-25-20-18-16-14-12-10-8-6-4-2/h37,40,44H,3-36,38-39,41-43,46H2,1-2H3,(H,48,49)/t44-/m1/s1. The number of rotatable bonds is 45. The predicted molar refractivity (Wildman–Crippen MR) is 229 cm³/mol. The lowest BCUT2D eigenvalue weighted by Crippen LogP contribution is -2.27. The molecule has 9 heteroatoms. The molecule has 1 unspecified atom stereocenters. The molecule has 0 amide bonds. The summed E-state index contributed by atoms with van der Waals surface area (Å²) in [5, 5.41) is 0. The summed E-state index contributed by atoms with van der Waals surface area (Å²) in [6.45, 7) is 4.29. The van der Waals surface area contributed by atoms with Crippen LogP contribution in [-0.2, 0) is 27.9 Å². The molecule has 2 atom stereocenters. The molecule has 0 rings (SSSR count). The second kappa shape index (κ2) is 43.2. The molecule has 0 aromatic carbocycles. The average Bonchev–Trinajstić information content (AvgIpc) is 3.16. The van der Waals surface area contributed by atoms with Crippen molar-refractivity contribution in [2.24, 2.45) is 5.73 Å². The SMILES string of the molecule is CCCCCCCCCCCCCCCCC=COC[C@H](COP(=O)(O)OCCN)OC(=O)CCCCCCCCCCCCCCCCCCCCC. The molecule has 0 aliphatic rings. The van der Waals surface area contributed by atoms with Gasteiger partial charge in [0.15, 0.2) is 6.10 Å². The lowest BCUT2D eigenvalue weighted by molar-refractivity contribution is -0.153. The van der Waals surface area contributed by atoms with Gasteiger partial charge in [-0.3, -0.25) is 13.8 Å². The molecule has 3 N–H and O–H groups in total. The molecule has 0 aromatic rings. The van der Waals surface area contributed by atoms with E-state index in [1.165, 1.54) is 186 Å². The number of carbonyl (C=O) groups is 1. The number of esters is 1. The van der Waals surface area contributed by atoms with E-state index in [0.29, 0.717) is 6.42 Å². The first-order chi connectivity index (χ1) is 26.4. The van der Waals surface area contributed by atoms with Gasteiger partial charge in [-0.05, 0) is 25.3 Å². The number of phosphoric acid groups is 1. The van der Waals surface area contributed by atoms with Crippen LogP contribution in [0, 0.1) is 0 Å². The molecule has 0 aliphatic heterocycles. The maximum atomic E-state index is 12.6. The zero-order valence-electron chi connectivity index (χ0n) is 35.7. The number of hydrogen-bond acceptors (Lipinski definition) is 7. The van der Waals surface area contributed by atoms with Gasteiger partial charge in [-0.1, -0.05) is 213 Å². The summed E-state index contributed by atoms with van der Waals surface area (Å²) >= 11 is 0. The molecule has 54 heavy (non-hydrogen) atoms. The number of unbranched alkanes of at least 4 members (excludes halogenated alkanes) is 32. The quantitative estimate of drug-likeness (QED) is 0.0271. The van der Waals surface area contributed by atoms with Crippen molar-refractivity contribution in [1.82, 2.24) is 0 Å². The number of nitrogens with two attached hydrogens (primary N) is 1. The van der Waals surface area contributed by atoms with Crippen molar-refractivity contribution in [3.8, 4) is 0 Å². The molecule has 0 saturated carbocycles. The van der Waals surface area contributed by atoms with Crippen LogP contribution in [0.4, 0.5) is 0 Å². The third-order valence-electron chi connectivity index (χ3n) is 10.3. The third-order valence-corrected chi connectivity index (χ3v) is 11.3. The van der Waals surface area contributed by atoms with E-state index in [0.717, 1.165) is 32.1 Å². The van der Waals surface area contributed by atoms with Crippen LogP contribution >= 0.6 is 7.82 Å². The van der Waals surface area contributed by atoms with E-state index in [9.17, 15) is 14.3 Å². The number of phosphoric ester groups is 1. The first-order valence-corrected chi connectivity index (χ1v) is 24.7. The summed E-state index contributed by atoms with van der Waals surface area (Å²) in [6.07, 6.45) is 47.5. The van der Waals surface area contributed by atoms with E-state index in [2.05, 4.69) is 13.8 Å². The molecule has 0 aliphatic carbocycles. The lowest BCUT2D eigenvalue weighted by atomic mass is 10.0. The van der Waals surface area contributed by atoms with Crippen molar-refractivity contribution in [3.05, 3.63) is 12.3 Å². The maximum Gasteiger partial charge on any atom is 0.472 e. The predicted octanol–water partition coefficient (Wildman–Crippen LogP) is 14.2. The van der Waals surface area contributed by atoms with Crippen LogP contribution in [0.5, 0.6) is 0 Å². The van der Waals surface area contributed by atoms with Crippen LogP contribution in [0.15, 0.2) is 12.3 Å². The van der Waals surface area contributed by atoms with Crippen molar-refractivity contribution >= 4 is 13.8 Å². The van der Waals surface area contributed by atoms with Crippen molar-refractivity contribution in [2.45, 2.75) is 245 Å². The summed E-state index contributed by atoms with van der Waals surface area (Å²) in [5.41, 5.74) is 5.37. The van der Waals surface area contributed by atoms with E-state index < -0.39 is 13.9 Å². The molecule has 322 valence electrons. The zero-order valence-corrected chi connectivity index (χ0v) is 36.6. The van der Waals surface area contributed by atoms with Crippen LogP contribution in [0.2, 0.25) is 0 Å². The van der Waals surface area contributed by atoms with Crippen LogP contribution in [-0.4, -0.2) is 43.3 Å². The number of allylic oxidation sites excluding steroid dienone is 1. The van der Waals surface area contributed by atoms with Gasteiger partial charge in [0.2, 0.25) is 0 Å². The average molecular weight is 788 g/mol. The molecule has 0 aromatic heterocycles. The summed E-state index contributed by atoms with van der Waals surface area (Å²) < 4.78 is 33.2. The Labute approximate surface area is 334 Å². The van der Waals surface area contributed by atoms with E-state index >= 15 is 0 Å². The minimum atomic E-state index is -4.29. The van der Waals surface area contributed by atoms with Gasteiger partial charge < -0.3 is 20.1 Å². The monoisotopic (exact) mass is 788 g/mol. The minimum absolute atomic E-state index is 0.0388. The van der Waals surface area contributed by atoms with Crippen molar-refractivity contribution in [3.63, 3.8) is 0 Å². The lowest BCUT2D eigenvalue weighted by Gasteiger charge is -2.19. The normalized spacial score (nSPS) is 13.4. The Bertz CT molecular complexity index is 843. The molecule has 0 fully saturated rings. The number of carbonyl (C=O) groups excluding carboxylic acids is 1. The van der Waals surface area contributed by atoms with Crippen LogP contribution in [0.25, 0.3) is 0 Å². The fraction of sp³-hybridized carbons (Fsp3) is 0.933. The van der Waals surface area contributed by atoms with Gasteiger partial charge in [0.05, 0.1) is 19.5 Å². The largest absolute Gasteiger partial charge is 0.498 e. The molecule has 0 bridgehead atoms. The second-order valence-electron chi connectivity index (χ2n) is 15.7. The number of ether oxygens (including phenoxy) is 2. The van der Waals surface area contributed by atoms with Gasteiger partial charge in [0, 0.05) is 13.0 Å². The third kappa shape index (κ3) is 42.2. The topological polar surface area (TPSA) is 117 Å². The molecule has 0 radical (unpaired) electrons. The molecular formula is C45H90NO7P. The van der Waals surface area contributed by atoms with E-state index in [-0.39, 0.29) is 32.3 Å².